The van der Waals surface area contributed by atoms with Gasteiger partial charge < -0.3 is 39.6 Å². The molecule has 4 aliphatic heterocycles. The molecule has 358 valence electrons. The lowest BCUT2D eigenvalue weighted by Crippen LogP contribution is -2.57. The summed E-state index contributed by atoms with van der Waals surface area (Å²) >= 11 is 8.11. The highest BCUT2D eigenvalue weighted by molar-refractivity contribution is 7.19. The maximum absolute atomic E-state index is 13.3. The predicted octanol–water partition coefficient (Wildman–Crippen LogP) is 6.03. The first-order valence-corrected chi connectivity index (χ1v) is 24.7. The van der Waals surface area contributed by atoms with Crippen LogP contribution in [0.1, 0.15) is 72.7 Å². The average molecular weight is 968 g/mol. The number of halogens is 1. The number of aliphatic hydroxyl groups is 1. The Bertz CT molecular complexity index is 2790. The van der Waals surface area contributed by atoms with Crippen molar-refractivity contribution < 1.29 is 48.4 Å². The number of piperidine rings is 2. The molecule has 5 aromatic rings. The first kappa shape index (κ1) is 46.2. The second kappa shape index (κ2) is 19.1. The molecule has 4 amide bonds. The number of carbonyl (C=O) groups is 5. The third kappa shape index (κ3) is 8.94. The van der Waals surface area contributed by atoms with E-state index in [9.17, 15) is 34.2 Å². The van der Waals surface area contributed by atoms with Crippen LogP contribution in [-0.2, 0) is 41.7 Å². The molecule has 2 aromatic carbocycles. The molecule has 4 N–H and O–H groups in total. The largest absolute Gasteiger partial charge is 0.489 e. The summed E-state index contributed by atoms with van der Waals surface area (Å²) < 4.78 is 19.1. The topological polar surface area (TPSA) is 204 Å². The molecule has 5 aliphatic rings. The number of aryl methyl sites for hydroxylation is 1. The van der Waals surface area contributed by atoms with Crippen molar-refractivity contribution in [1.82, 2.24) is 30.0 Å². The first-order chi connectivity index (χ1) is 32.8. The number of carboxylic acid groups (broad SMARTS) is 1. The molecule has 68 heavy (non-hydrogen) atoms. The van der Waals surface area contributed by atoms with E-state index < -0.39 is 24.1 Å². The van der Waals surface area contributed by atoms with Gasteiger partial charge in [-0.15, -0.1) is 11.3 Å². The Balaban J connectivity index is 0.709. The van der Waals surface area contributed by atoms with Gasteiger partial charge >= 0.3 is 5.97 Å². The summed E-state index contributed by atoms with van der Waals surface area (Å²) in [6, 6.07) is 13.4. The van der Waals surface area contributed by atoms with Gasteiger partial charge in [-0.05, 0) is 91.6 Å². The van der Waals surface area contributed by atoms with Crippen LogP contribution in [0, 0.1) is 24.7 Å². The van der Waals surface area contributed by atoms with Crippen LogP contribution in [0.15, 0.2) is 48.7 Å². The van der Waals surface area contributed by atoms with E-state index in [2.05, 4.69) is 20.2 Å². The smallest absolute Gasteiger partial charge is 0.309 e. The third-order valence-electron chi connectivity index (χ3n) is 14.8. The number of carbonyl (C=O) groups excluding carboxylic acids is 4. The van der Waals surface area contributed by atoms with Crippen LogP contribution >= 0.6 is 22.9 Å². The Morgan fingerprint density at radius 3 is 2.56 bits per heavy atom. The molecule has 0 unspecified atom stereocenters. The number of nitrogens with zero attached hydrogens (tertiary/aromatic N) is 4. The minimum atomic E-state index is -0.928. The second-order valence-corrected chi connectivity index (χ2v) is 20.4. The van der Waals surface area contributed by atoms with Gasteiger partial charge in [-0.2, -0.15) is 0 Å². The summed E-state index contributed by atoms with van der Waals surface area (Å²) in [5.74, 6) is -1.19. The van der Waals surface area contributed by atoms with Crippen LogP contribution in [0.5, 0.6) is 11.5 Å². The number of nitrogens with one attached hydrogen (secondary N) is 2. The Morgan fingerprint density at radius 1 is 1.00 bits per heavy atom. The van der Waals surface area contributed by atoms with Gasteiger partial charge in [-0.25, -0.2) is 0 Å². The number of aliphatic hydroxyl groups excluding tert-OH is 1. The van der Waals surface area contributed by atoms with Crippen molar-refractivity contribution in [3.8, 4) is 22.6 Å². The number of rotatable bonds is 13. The van der Waals surface area contributed by atoms with Crippen molar-refractivity contribution in [3.05, 3.63) is 75.4 Å². The Morgan fingerprint density at radius 2 is 1.79 bits per heavy atom. The fourth-order valence-corrected chi connectivity index (χ4v) is 12.9. The highest BCUT2D eigenvalue weighted by atomic mass is 35.5. The maximum Gasteiger partial charge on any atom is 0.309 e. The zero-order valence-corrected chi connectivity index (χ0v) is 39.6. The fraction of sp³-hybridized carbons (Fsp3) is 0.480. The van der Waals surface area contributed by atoms with E-state index in [0.717, 1.165) is 67.9 Å². The normalized spacial score (nSPS) is 24.2. The van der Waals surface area contributed by atoms with E-state index in [1.54, 1.807) is 6.20 Å². The number of aromatic nitrogens is 2. The highest BCUT2D eigenvalue weighted by Gasteiger charge is 2.53. The molecular weight excluding hydrogens is 912 g/mol. The third-order valence-corrected chi connectivity index (χ3v) is 16.1. The number of methoxy groups -OCH3 is 1. The van der Waals surface area contributed by atoms with E-state index in [0.29, 0.717) is 55.3 Å². The van der Waals surface area contributed by atoms with Gasteiger partial charge in [0.15, 0.2) is 6.61 Å². The number of pyridine rings is 1. The van der Waals surface area contributed by atoms with E-state index in [-0.39, 0.29) is 86.6 Å². The lowest BCUT2D eigenvalue weighted by atomic mass is 9.64. The van der Waals surface area contributed by atoms with Crippen LogP contribution < -0.4 is 14.8 Å². The summed E-state index contributed by atoms with van der Waals surface area (Å²) in [5.41, 5.74) is 6.56. The predicted molar refractivity (Wildman–Crippen MR) is 253 cm³/mol. The molecular formula is C50H55ClN6O10S. The molecule has 1 saturated carbocycles. The van der Waals surface area contributed by atoms with Crippen LogP contribution in [0.4, 0.5) is 0 Å². The van der Waals surface area contributed by atoms with Crippen LogP contribution in [0.3, 0.4) is 0 Å². The molecule has 0 radical (unpaired) electrons. The minimum absolute atomic E-state index is 0.0227. The number of thiophene rings is 1. The van der Waals surface area contributed by atoms with Gasteiger partial charge in [0, 0.05) is 116 Å². The van der Waals surface area contributed by atoms with E-state index in [1.807, 2.05) is 54.3 Å². The van der Waals surface area contributed by atoms with Crippen LogP contribution in [0.25, 0.3) is 32.2 Å². The number of benzene rings is 2. The summed E-state index contributed by atoms with van der Waals surface area (Å²) in [7, 11) is 1.47. The molecule has 18 heteroatoms. The van der Waals surface area contributed by atoms with E-state index in [4.69, 9.17) is 25.8 Å². The SMILES string of the molecule is CO[C@@H]1[C@@H](C(=O)O)[C@H]2C[C@@H]3c4[nH]c5ccc(OCC(=O)NCCC(=O)N6CCC(Oc7c(C)cc(Cl)cc7-c7ccnc8cc(CN9C(=O)CCC9=O)sc78)CC6)cc5c4CCN3C[C@H]2C[C@H]1O. The molecule has 0 spiro atoms. The zero-order chi connectivity index (χ0) is 47.4. The molecule has 16 nitrogen and oxygen atoms in total. The van der Waals surface area contributed by atoms with Crippen molar-refractivity contribution >= 4 is 73.7 Å². The Hall–Kier alpha value is -5.59. The Kier molecular flexibility index (Phi) is 12.9. The van der Waals surface area contributed by atoms with Gasteiger partial charge in [-0.3, -0.25) is 38.8 Å². The van der Waals surface area contributed by atoms with Gasteiger partial charge in [-0.1, -0.05) is 11.6 Å². The standard InChI is InChI=1S/C50H55ClN6O10S/c1-26-17-28(51)19-36(33-7-12-52-38-21-31(68-49(33)38)24-57-43(61)5-6-44(57)62)47(26)67-29-9-14-55(15-10-29)42(60)8-13-53-41(59)25-66-30-3-4-37-35(20-30)32-11-16-56-23-27-18-40(58)48(65-2)45(50(63)64)34(27)22-39(56)46(32)54-37/h3-4,7,12,17,19-21,27,29,34,39-40,45,48,54,58H,5-6,8-11,13-16,18,22-25H2,1-2H3,(H,53,59)(H,63,64)/t27-,34+,39-,40-,45+,48+/m1/s1. The van der Waals surface area contributed by atoms with Crippen molar-refractivity contribution in [2.45, 2.75) is 89.2 Å². The van der Waals surface area contributed by atoms with Crippen molar-refractivity contribution in [2.75, 3.05) is 46.4 Å². The molecule has 0 bridgehead atoms. The van der Waals surface area contributed by atoms with E-state index >= 15 is 0 Å². The maximum atomic E-state index is 13.3. The van der Waals surface area contributed by atoms with Gasteiger partial charge in [0.1, 0.15) is 17.6 Å². The number of hydrogen-bond acceptors (Lipinski definition) is 12. The van der Waals surface area contributed by atoms with Crippen LogP contribution in [0.2, 0.25) is 5.02 Å². The second-order valence-electron chi connectivity index (χ2n) is 18.9. The number of carboxylic acids is 1. The number of fused-ring (bicyclic) bond motifs is 7. The van der Waals surface area contributed by atoms with Crippen molar-refractivity contribution in [2.24, 2.45) is 17.8 Å². The molecule has 7 heterocycles. The molecule has 3 aromatic heterocycles. The minimum Gasteiger partial charge on any atom is -0.489 e. The van der Waals surface area contributed by atoms with Gasteiger partial charge in [0.25, 0.3) is 5.91 Å². The summed E-state index contributed by atoms with van der Waals surface area (Å²) in [6.45, 7) is 4.72. The summed E-state index contributed by atoms with van der Waals surface area (Å²) in [5, 5.41) is 25.4. The molecule has 4 fully saturated rings. The number of ether oxygens (including phenoxy) is 3. The van der Waals surface area contributed by atoms with Crippen molar-refractivity contribution in [1.29, 1.82) is 0 Å². The Labute approximate surface area is 401 Å². The number of imide groups is 1. The summed E-state index contributed by atoms with van der Waals surface area (Å²) in [6.07, 6.45) is 3.92. The number of H-pyrrole nitrogens is 1. The molecule has 3 saturated heterocycles. The zero-order valence-electron chi connectivity index (χ0n) is 38.0. The number of aliphatic carboxylic acids is 1. The molecule has 1 aliphatic carbocycles. The van der Waals surface area contributed by atoms with Gasteiger partial charge in [0.2, 0.25) is 17.7 Å². The highest BCUT2D eigenvalue weighted by Crippen LogP contribution is 2.50. The monoisotopic (exact) mass is 966 g/mol. The molecule has 6 atom stereocenters. The summed E-state index contributed by atoms with van der Waals surface area (Å²) in [4.78, 5) is 77.9. The lowest BCUT2D eigenvalue weighted by Gasteiger charge is -2.52. The fourth-order valence-electron chi connectivity index (χ4n) is 11.5. The molecule has 10 rings (SSSR count). The number of hydrogen-bond donors (Lipinski definition) is 4. The van der Waals surface area contributed by atoms with Gasteiger partial charge in [0.05, 0.1) is 40.9 Å². The average Bonchev–Trinajstić information content (AvgIpc) is 4.02. The first-order valence-electron chi connectivity index (χ1n) is 23.5. The number of amides is 4. The quantitative estimate of drug-likeness (QED) is 0.100. The van der Waals surface area contributed by atoms with E-state index in [1.165, 1.54) is 28.9 Å². The van der Waals surface area contributed by atoms with Crippen LogP contribution in [-0.4, -0.2) is 129 Å². The lowest BCUT2D eigenvalue weighted by molar-refractivity contribution is -0.172. The van der Waals surface area contributed by atoms with Crippen molar-refractivity contribution in [3.63, 3.8) is 0 Å². The number of aromatic amines is 1. The number of likely N-dealkylation sites (tertiary alicyclic amines) is 2.